The van der Waals surface area contributed by atoms with Gasteiger partial charge in [0.15, 0.2) is 0 Å². The Morgan fingerprint density at radius 1 is 0.692 bits per heavy atom. The summed E-state index contributed by atoms with van der Waals surface area (Å²) in [6, 6.07) is 26.9. The Hall–Kier alpha value is -3.40. The SMILES string of the molecule is O=C(Cc1ccccc1)NCC(=O)Nc1ccccc1-c1ccccc1. The van der Waals surface area contributed by atoms with E-state index in [4.69, 9.17) is 0 Å². The molecule has 3 rings (SSSR count). The van der Waals surface area contributed by atoms with Gasteiger partial charge in [0.2, 0.25) is 11.8 Å². The molecular weight excluding hydrogens is 324 g/mol. The maximum Gasteiger partial charge on any atom is 0.243 e. The summed E-state index contributed by atoms with van der Waals surface area (Å²) in [4.78, 5) is 24.2. The second-order valence-electron chi connectivity index (χ2n) is 5.90. The monoisotopic (exact) mass is 344 g/mol. The summed E-state index contributed by atoms with van der Waals surface area (Å²) in [7, 11) is 0. The highest BCUT2D eigenvalue weighted by Gasteiger charge is 2.10. The Morgan fingerprint density at radius 3 is 2.04 bits per heavy atom. The first kappa shape index (κ1) is 17.4. The lowest BCUT2D eigenvalue weighted by Crippen LogP contribution is -2.33. The number of para-hydroxylation sites is 1. The van der Waals surface area contributed by atoms with Crippen LogP contribution in [0.1, 0.15) is 5.56 Å². The average Bonchev–Trinajstić information content (AvgIpc) is 2.68. The molecule has 0 aromatic heterocycles. The van der Waals surface area contributed by atoms with E-state index in [1.807, 2.05) is 84.9 Å². The van der Waals surface area contributed by atoms with Gasteiger partial charge in [-0.25, -0.2) is 0 Å². The van der Waals surface area contributed by atoms with E-state index in [1.165, 1.54) is 0 Å². The Labute approximate surface area is 152 Å². The summed E-state index contributed by atoms with van der Waals surface area (Å²) in [6.45, 7) is -0.0607. The van der Waals surface area contributed by atoms with Crippen molar-refractivity contribution in [2.75, 3.05) is 11.9 Å². The molecule has 26 heavy (non-hydrogen) atoms. The number of carbonyl (C=O) groups excluding carboxylic acids is 2. The van der Waals surface area contributed by atoms with Gasteiger partial charge in [-0.3, -0.25) is 9.59 Å². The predicted octanol–water partition coefficient (Wildman–Crippen LogP) is 3.65. The summed E-state index contributed by atoms with van der Waals surface area (Å²) in [5.41, 5.74) is 3.61. The van der Waals surface area contributed by atoms with Crippen LogP contribution in [0.4, 0.5) is 5.69 Å². The van der Waals surface area contributed by atoms with E-state index in [2.05, 4.69) is 10.6 Å². The molecule has 0 radical (unpaired) electrons. The zero-order chi connectivity index (χ0) is 18.2. The minimum absolute atomic E-state index is 0.0607. The molecule has 0 bridgehead atoms. The third-order valence-electron chi connectivity index (χ3n) is 3.94. The first-order chi connectivity index (χ1) is 12.7. The van der Waals surface area contributed by atoms with Crippen LogP contribution in [0.2, 0.25) is 0 Å². The Morgan fingerprint density at radius 2 is 1.31 bits per heavy atom. The summed E-state index contributed by atoms with van der Waals surface area (Å²) in [6.07, 6.45) is 0.259. The fourth-order valence-electron chi connectivity index (χ4n) is 2.68. The van der Waals surface area contributed by atoms with E-state index in [-0.39, 0.29) is 24.8 Å². The molecule has 4 nitrogen and oxygen atoms in total. The van der Waals surface area contributed by atoms with Crippen molar-refractivity contribution in [3.05, 3.63) is 90.5 Å². The van der Waals surface area contributed by atoms with Crippen molar-refractivity contribution in [3.63, 3.8) is 0 Å². The van der Waals surface area contributed by atoms with Crippen molar-refractivity contribution in [2.24, 2.45) is 0 Å². The minimum atomic E-state index is -0.255. The van der Waals surface area contributed by atoms with Crippen molar-refractivity contribution >= 4 is 17.5 Å². The third kappa shape index (κ3) is 4.80. The maximum atomic E-state index is 12.2. The van der Waals surface area contributed by atoms with Gasteiger partial charge >= 0.3 is 0 Å². The third-order valence-corrected chi connectivity index (χ3v) is 3.94. The Kier molecular flexibility index (Phi) is 5.78. The van der Waals surface area contributed by atoms with E-state index in [0.717, 1.165) is 22.4 Å². The highest BCUT2D eigenvalue weighted by atomic mass is 16.2. The zero-order valence-electron chi connectivity index (χ0n) is 14.3. The molecule has 0 unspecified atom stereocenters. The molecule has 3 aromatic carbocycles. The highest BCUT2D eigenvalue weighted by molar-refractivity contribution is 5.98. The number of amides is 2. The lowest BCUT2D eigenvalue weighted by atomic mass is 10.0. The van der Waals surface area contributed by atoms with E-state index < -0.39 is 0 Å². The van der Waals surface area contributed by atoms with Crippen molar-refractivity contribution < 1.29 is 9.59 Å². The molecule has 0 spiro atoms. The highest BCUT2D eigenvalue weighted by Crippen LogP contribution is 2.27. The van der Waals surface area contributed by atoms with Crippen LogP contribution in [-0.4, -0.2) is 18.4 Å². The van der Waals surface area contributed by atoms with Gasteiger partial charge in [-0.05, 0) is 17.2 Å². The molecule has 4 heteroatoms. The molecule has 130 valence electrons. The molecule has 0 fully saturated rings. The second kappa shape index (κ2) is 8.62. The number of rotatable bonds is 6. The van der Waals surface area contributed by atoms with Gasteiger partial charge in [0.05, 0.1) is 13.0 Å². The zero-order valence-corrected chi connectivity index (χ0v) is 14.3. The average molecular weight is 344 g/mol. The van der Waals surface area contributed by atoms with Gasteiger partial charge in [-0.1, -0.05) is 78.9 Å². The quantitative estimate of drug-likeness (QED) is 0.717. The number of anilines is 1. The lowest BCUT2D eigenvalue weighted by molar-refractivity contribution is -0.123. The van der Waals surface area contributed by atoms with Crippen molar-refractivity contribution in [1.29, 1.82) is 0 Å². The number of nitrogens with one attached hydrogen (secondary N) is 2. The lowest BCUT2D eigenvalue weighted by Gasteiger charge is -2.12. The first-order valence-electron chi connectivity index (χ1n) is 8.47. The van der Waals surface area contributed by atoms with E-state index in [9.17, 15) is 9.59 Å². The van der Waals surface area contributed by atoms with Gasteiger partial charge < -0.3 is 10.6 Å². The van der Waals surface area contributed by atoms with Crippen LogP contribution in [0.25, 0.3) is 11.1 Å². The first-order valence-corrected chi connectivity index (χ1v) is 8.47. The fourth-order valence-corrected chi connectivity index (χ4v) is 2.68. The van der Waals surface area contributed by atoms with E-state index >= 15 is 0 Å². The summed E-state index contributed by atoms with van der Waals surface area (Å²) >= 11 is 0. The second-order valence-corrected chi connectivity index (χ2v) is 5.90. The van der Waals surface area contributed by atoms with Crippen LogP contribution in [0.3, 0.4) is 0 Å². The number of carbonyl (C=O) groups is 2. The van der Waals surface area contributed by atoms with Gasteiger partial charge in [0.25, 0.3) is 0 Å². The number of benzene rings is 3. The molecule has 0 aliphatic rings. The van der Waals surface area contributed by atoms with Crippen molar-refractivity contribution in [1.82, 2.24) is 5.32 Å². The van der Waals surface area contributed by atoms with Gasteiger partial charge in [0.1, 0.15) is 0 Å². The fraction of sp³-hybridized carbons (Fsp3) is 0.0909. The molecule has 3 aromatic rings. The molecule has 0 heterocycles. The Bertz CT molecular complexity index is 877. The minimum Gasteiger partial charge on any atom is -0.347 e. The maximum absolute atomic E-state index is 12.2. The van der Waals surface area contributed by atoms with Crippen molar-refractivity contribution in [3.8, 4) is 11.1 Å². The smallest absolute Gasteiger partial charge is 0.243 e. The molecule has 2 amide bonds. The summed E-state index contributed by atoms with van der Waals surface area (Å²) in [5, 5.41) is 5.53. The van der Waals surface area contributed by atoms with Gasteiger partial charge in [0, 0.05) is 11.3 Å². The molecular formula is C22H20N2O2. The topological polar surface area (TPSA) is 58.2 Å². The van der Waals surface area contributed by atoms with Crippen LogP contribution in [0.5, 0.6) is 0 Å². The normalized spacial score (nSPS) is 10.2. The van der Waals surface area contributed by atoms with Crippen LogP contribution in [0, 0.1) is 0 Å². The molecule has 0 aliphatic heterocycles. The molecule has 0 saturated heterocycles. The molecule has 0 saturated carbocycles. The van der Waals surface area contributed by atoms with Crippen LogP contribution in [0.15, 0.2) is 84.9 Å². The molecule has 0 atom stereocenters. The Balaban J connectivity index is 1.58. The standard InChI is InChI=1S/C22H20N2O2/c25-21(15-17-9-3-1-4-10-17)23-16-22(26)24-20-14-8-7-13-19(20)18-11-5-2-6-12-18/h1-14H,15-16H2,(H,23,25)(H,24,26). The number of hydrogen-bond donors (Lipinski definition) is 2. The van der Waals surface area contributed by atoms with E-state index in [0.29, 0.717) is 0 Å². The largest absolute Gasteiger partial charge is 0.347 e. The molecule has 2 N–H and O–H groups in total. The summed E-state index contributed by atoms with van der Waals surface area (Å²) in [5.74, 6) is -0.433. The summed E-state index contributed by atoms with van der Waals surface area (Å²) < 4.78 is 0. The van der Waals surface area contributed by atoms with Gasteiger partial charge in [-0.15, -0.1) is 0 Å². The van der Waals surface area contributed by atoms with Gasteiger partial charge in [-0.2, -0.15) is 0 Å². The van der Waals surface area contributed by atoms with Crippen LogP contribution < -0.4 is 10.6 Å². The van der Waals surface area contributed by atoms with Crippen LogP contribution in [-0.2, 0) is 16.0 Å². The predicted molar refractivity (Wildman–Crippen MR) is 104 cm³/mol. The molecule has 0 aliphatic carbocycles. The van der Waals surface area contributed by atoms with E-state index in [1.54, 1.807) is 0 Å². The number of hydrogen-bond acceptors (Lipinski definition) is 2. The van der Waals surface area contributed by atoms with Crippen molar-refractivity contribution in [2.45, 2.75) is 6.42 Å². The van der Waals surface area contributed by atoms with Crippen LogP contribution >= 0.6 is 0 Å².